The molecule has 0 bridgehead atoms. The highest BCUT2D eigenvalue weighted by atomic mass is 32.1. The SMILES string of the molecule is CCOCCn1c(=NC(=O)c2cc3ccccc3oc2=O)sc2cc(F)cc(F)c21. The molecule has 0 saturated heterocycles. The molecule has 4 aromatic rings. The van der Waals surface area contributed by atoms with Gasteiger partial charge in [0.1, 0.15) is 17.0 Å². The van der Waals surface area contributed by atoms with Crippen molar-refractivity contribution in [3.63, 3.8) is 0 Å². The molecule has 0 saturated carbocycles. The number of nitrogens with zero attached hydrogens (tertiary/aromatic N) is 2. The van der Waals surface area contributed by atoms with Crippen LogP contribution in [0.1, 0.15) is 17.3 Å². The molecule has 0 atom stereocenters. The first-order valence-electron chi connectivity index (χ1n) is 9.16. The standard InChI is InChI=1S/C21H16F2N2O4S/c1-2-28-8-7-25-18-15(23)10-13(22)11-17(18)30-21(25)24-19(26)14-9-12-5-3-4-6-16(12)29-20(14)27/h3-6,9-11H,2,7-8H2,1H3. The highest BCUT2D eigenvalue weighted by Gasteiger charge is 2.17. The Morgan fingerprint density at radius 2 is 2.03 bits per heavy atom. The molecule has 0 N–H and O–H groups in total. The number of para-hydroxylation sites is 1. The molecule has 0 unspecified atom stereocenters. The van der Waals surface area contributed by atoms with Gasteiger partial charge in [-0.2, -0.15) is 4.99 Å². The Balaban J connectivity index is 1.86. The van der Waals surface area contributed by atoms with E-state index in [1.807, 2.05) is 6.92 Å². The number of halogens is 2. The molecule has 2 aromatic carbocycles. The van der Waals surface area contributed by atoms with Crippen molar-refractivity contribution < 1.29 is 22.7 Å². The van der Waals surface area contributed by atoms with Gasteiger partial charge in [-0.15, -0.1) is 0 Å². The van der Waals surface area contributed by atoms with E-state index < -0.39 is 23.2 Å². The zero-order chi connectivity index (χ0) is 21.3. The van der Waals surface area contributed by atoms with Crippen LogP contribution in [0.25, 0.3) is 21.2 Å². The molecule has 4 rings (SSSR count). The molecule has 0 aliphatic carbocycles. The number of hydrogen-bond donors (Lipinski definition) is 0. The van der Waals surface area contributed by atoms with Crippen molar-refractivity contribution in [1.82, 2.24) is 4.57 Å². The minimum Gasteiger partial charge on any atom is -0.422 e. The van der Waals surface area contributed by atoms with Crippen LogP contribution < -0.4 is 10.4 Å². The first-order chi connectivity index (χ1) is 14.5. The van der Waals surface area contributed by atoms with Gasteiger partial charge in [0.15, 0.2) is 10.6 Å². The number of benzene rings is 2. The summed E-state index contributed by atoms with van der Waals surface area (Å²) in [6.45, 7) is 2.73. The number of fused-ring (bicyclic) bond motifs is 2. The van der Waals surface area contributed by atoms with Gasteiger partial charge < -0.3 is 13.7 Å². The van der Waals surface area contributed by atoms with Crippen molar-refractivity contribution in [3.05, 3.63) is 74.9 Å². The van der Waals surface area contributed by atoms with E-state index in [1.165, 1.54) is 16.7 Å². The van der Waals surface area contributed by atoms with Crippen LogP contribution in [0.3, 0.4) is 0 Å². The lowest BCUT2D eigenvalue weighted by atomic mass is 10.2. The summed E-state index contributed by atoms with van der Waals surface area (Å²) in [6, 6.07) is 10.1. The third kappa shape index (κ3) is 3.81. The summed E-state index contributed by atoms with van der Waals surface area (Å²) in [5, 5.41) is 0.573. The molecule has 0 aliphatic heterocycles. The fourth-order valence-corrected chi connectivity index (χ4v) is 4.17. The largest absolute Gasteiger partial charge is 0.422 e. The van der Waals surface area contributed by atoms with Gasteiger partial charge >= 0.3 is 5.63 Å². The quantitative estimate of drug-likeness (QED) is 0.356. The third-order valence-corrected chi connectivity index (χ3v) is 5.45. The van der Waals surface area contributed by atoms with E-state index in [1.54, 1.807) is 24.3 Å². The number of rotatable bonds is 5. The molecule has 9 heteroatoms. The molecule has 1 amide bonds. The predicted molar refractivity (Wildman–Crippen MR) is 109 cm³/mol. The van der Waals surface area contributed by atoms with E-state index in [-0.39, 0.29) is 29.0 Å². The van der Waals surface area contributed by atoms with E-state index in [4.69, 9.17) is 9.15 Å². The molecular weight excluding hydrogens is 414 g/mol. The maximum atomic E-state index is 14.4. The van der Waals surface area contributed by atoms with E-state index in [0.29, 0.717) is 22.3 Å². The number of amides is 1. The molecule has 154 valence electrons. The Hall–Kier alpha value is -3.17. The van der Waals surface area contributed by atoms with Gasteiger partial charge in [-0.05, 0) is 25.1 Å². The molecule has 2 aromatic heterocycles. The summed E-state index contributed by atoms with van der Waals surface area (Å²) >= 11 is 0.950. The number of carbonyl (C=O) groups is 1. The third-order valence-electron chi connectivity index (χ3n) is 4.43. The second kappa shape index (κ2) is 8.29. The summed E-state index contributed by atoms with van der Waals surface area (Å²) in [7, 11) is 0. The Morgan fingerprint density at radius 3 is 2.83 bits per heavy atom. The monoisotopic (exact) mass is 430 g/mol. The summed E-state index contributed by atoms with van der Waals surface area (Å²) in [4.78, 5) is 29.2. The van der Waals surface area contributed by atoms with Gasteiger partial charge in [-0.1, -0.05) is 29.5 Å². The van der Waals surface area contributed by atoms with Crippen molar-refractivity contribution in [2.75, 3.05) is 13.2 Å². The Bertz CT molecular complexity index is 1390. The number of aromatic nitrogens is 1. The molecule has 6 nitrogen and oxygen atoms in total. The average molecular weight is 430 g/mol. The maximum Gasteiger partial charge on any atom is 0.349 e. The first-order valence-corrected chi connectivity index (χ1v) is 9.97. The molecule has 0 radical (unpaired) electrons. The Kier molecular flexibility index (Phi) is 5.56. The van der Waals surface area contributed by atoms with Gasteiger partial charge in [0.05, 0.1) is 16.8 Å². The topological polar surface area (TPSA) is 73.8 Å². The van der Waals surface area contributed by atoms with Gasteiger partial charge in [0, 0.05) is 24.6 Å². The van der Waals surface area contributed by atoms with Crippen LogP contribution in [0.2, 0.25) is 0 Å². The maximum absolute atomic E-state index is 14.4. The van der Waals surface area contributed by atoms with Crippen LogP contribution in [0.15, 0.2) is 56.7 Å². The fourth-order valence-electron chi connectivity index (χ4n) is 3.08. The van der Waals surface area contributed by atoms with Crippen molar-refractivity contribution in [2.24, 2.45) is 4.99 Å². The molecule has 0 fully saturated rings. The molecule has 0 aliphatic rings. The smallest absolute Gasteiger partial charge is 0.349 e. The highest BCUT2D eigenvalue weighted by molar-refractivity contribution is 7.16. The Morgan fingerprint density at radius 1 is 1.23 bits per heavy atom. The predicted octanol–water partition coefficient (Wildman–Crippen LogP) is 3.87. The van der Waals surface area contributed by atoms with Crippen LogP contribution >= 0.6 is 11.3 Å². The van der Waals surface area contributed by atoms with E-state index in [2.05, 4.69) is 4.99 Å². The highest BCUT2D eigenvalue weighted by Crippen LogP contribution is 2.22. The fraction of sp³-hybridized carbons (Fsp3) is 0.190. The van der Waals surface area contributed by atoms with E-state index in [9.17, 15) is 18.4 Å². The van der Waals surface area contributed by atoms with Gasteiger partial charge in [-0.25, -0.2) is 13.6 Å². The minimum atomic E-state index is -0.827. The van der Waals surface area contributed by atoms with Gasteiger partial charge in [-0.3, -0.25) is 4.79 Å². The number of hydrogen-bond acceptors (Lipinski definition) is 5. The molecule has 30 heavy (non-hydrogen) atoms. The lowest BCUT2D eigenvalue weighted by Crippen LogP contribution is -2.22. The molecular formula is C21H16F2N2O4S. The summed E-state index contributed by atoms with van der Waals surface area (Å²) < 4.78 is 40.4. The molecule has 2 heterocycles. The van der Waals surface area contributed by atoms with Crippen LogP contribution in [-0.4, -0.2) is 23.7 Å². The van der Waals surface area contributed by atoms with Crippen molar-refractivity contribution in [3.8, 4) is 0 Å². The van der Waals surface area contributed by atoms with Gasteiger partial charge in [0.2, 0.25) is 0 Å². The first kappa shape index (κ1) is 20.1. The lowest BCUT2D eigenvalue weighted by molar-refractivity contribution is 0.0993. The zero-order valence-corrected chi connectivity index (χ0v) is 16.7. The number of ether oxygens (including phenoxy) is 1. The minimum absolute atomic E-state index is 0.123. The number of carbonyl (C=O) groups excluding carboxylic acids is 1. The summed E-state index contributed by atoms with van der Waals surface area (Å²) in [5.74, 6) is -2.32. The Labute approximate surface area is 172 Å². The zero-order valence-electron chi connectivity index (χ0n) is 15.9. The van der Waals surface area contributed by atoms with Crippen molar-refractivity contribution in [1.29, 1.82) is 0 Å². The lowest BCUT2D eigenvalue weighted by Gasteiger charge is -2.06. The van der Waals surface area contributed by atoms with Crippen LogP contribution in [0.4, 0.5) is 8.78 Å². The summed E-state index contributed by atoms with van der Waals surface area (Å²) in [6.07, 6.45) is 0. The van der Waals surface area contributed by atoms with E-state index in [0.717, 1.165) is 17.4 Å². The van der Waals surface area contributed by atoms with Gasteiger partial charge in [0.25, 0.3) is 5.91 Å². The normalized spacial score (nSPS) is 12.2. The number of thiazole rings is 1. The van der Waals surface area contributed by atoms with Crippen molar-refractivity contribution >= 4 is 38.4 Å². The van der Waals surface area contributed by atoms with Crippen molar-refractivity contribution in [2.45, 2.75) is 13.5 Å². The van der Waals surface area contributed by atoms with Crippen LogP contribution in [0.5, 0.6) is 0 Å². The van der Waals surface area contributed by atoms with Crippen LogP contribution in [0, 0.1) is 11.6 Å². The van der Waals surface area contributed by atoms with E-state index >= 15 is 0 Å². The summed E-state index contributed by atoms with van der Waals surface area (Å²) in [5.41, 5.74) is -0.584. The average Bonchev–Trinajstić information content (AvgIpc) is 3.04. The molecule has 0 spiro atoms. The second-order valence-corrected chi connectivity index (χ2v) is 7.38. The van der Waals surface area contributed by atoms with Crippen LogP contribution in [-0.2, 0) is 11.3 Å². The second-order valence-electron chi connectivity index (χ2n) is 6.37.